The fourth-order valence-corrected chi connectivity index (χ4v) is 4.91. The molecule has 0 aliphatic carbocycles. The summed E-state index contributed by atoms with van der Waals surface area (Å²) in [5.74, 6) is 0.961. The maximum atomic E-state index is 12.6. The summed E-state index contributed by atoms with van der Waals surface area (Å²) < 4.78 is 23.3. The van der Waals surface area contributed by atoms with Crippen molar-refractivity contribution in [3.8, 4) is 0 Å². The van der Waals surface area contributed by atoms with Crippen LogP contribution in [0.5, 0.6) is 0 Å². The zero-order valence-electron chi connectivity index (χ0n) is 15.0. The van der Waals surface area contributed by atoms with Gasteiger partial charge in [0.1, 0.15) is 5.82 Å². The molecule has 6 nitrogen and oxygen atoms in total. The number of nitrogens with zero attached hydrogens (tertiary/aromatic N) is 3. The first-order chi connectivity index (χ1) is 12.4. The number of carbonyl (C=O) groups excluding carboxylic acids is 1. The van der Waals surface area contributed by atoms with E-state index in [9.17, 15) is 13.2 Å². The van der Waals surface area contributed by atoms with E-state index in [2.05, 4.69) is 4.98 Å². The van der Waals surface area contributed by atoms with Crippen molar-refractivity contribution in [3.63, 3.8) is 0 Å². The van der Waals surface area contributed by atoms with E-state index in [1.807, 2.05) is 42.3 Å². The molecule has 2 heterocycles. The second-order valence-electron chi connectivity index (χ2n) is 6.72. The van der Waals surface area contributed by atoms with Gasteiger partial charge in [-0.25, -0.2) is 13.4 Å². The third kappa shape index (κ3) is 4.22. The van der Waals surface area contributed by atoms with Crippen LogP contribution in [0.2, 0.25) is 0 Å². The minimum absolute atomic E-state index is 0.0604. The zero-order chi connectivity index (χ0) is 18.7. The molecule has 0 N–H and O–H groups in total. The number of sulfone groups is 1. The molecule has 3 rings (SSSR count). The molecule has 26 heavy (non-hydrogen) atoms. The van der Waals surface area contributed by atoms with Crippen molar-refractivity contribution in [2.75, 3.05) is 30.5 Å². The molecule has 0 spiro atoms. The Morgan fingerprint density at radius 1 is 1.15 bits per heavy atom. The zero-order valence-corrected chi connectivity index (χ0v) is 15.8. The van der Waals surface area contributed by atoms with Crippen LogP contribution < -0.4 is 4.90 Å². The number of pyridine rings is 1. The summed E-state index contributed by atoms with van der Waals surface area (Å²) in [4.78, 5) is 20.5. The molecule has 1 amide bonds. The van der Waals surface area contributed by atoms with Gasteiger partial charge in [-0.1, -0.05) is 30.3 Å². The standard InChI is InChI=1S/C19H23N3O3S/c1-21(13-15-6-4-3-5-7-15)19(23)16-8-9-18(20-12-16)22(2)17-10-11-26(24,25)14-17/h3-9,12,17H,10-11,13-14H2,1-2H3. The lowest BCUT2D eigenvalue weighted by Crippen LogP contribution is -2.33. The van der Waals surface area contributed by atoms with Gasteiger partial charge in [0, 0.05) is 32.9 Å². The SMILES string of the molecule is CN(Cc1ccccc1)C(=O)c1ccc(N(C)C2CCS(=O)(=O)C2)nc1. The number of hydrogen-bond donors (Lipinski definition) is 0. The van der Waals surface area contributed by atoms with Gasteiger partial charge < -0.3 is 9.80 Å². The van der Waals surface area contributed by atoms with Crippen molar-refractivity contribution < 1.29 is 13.2 Å². The van der Waals surface area contributed by atoms with Crippen molar-refractivity contribution in [2.45, 2.75) is 19.0 Å². The van der Waals surface area contributed by atoms with E-state index in [0.717, 1.165) is 5.56 Å². The fourth-order valence-electron chi connectivity index (χ4n) is 3.14. The largest absolute Gasteiger partial charge is 0.356 e. The van der Waals surface area contributed by atoms with Gasteiger partial charge in [0.15, 0.2) is 9.84 Å². The number of hydrogen-bond acceptors (Lipinski definition) is 5. The Bertz CT molecular complexity index is 867. The van der Waals surface area contributed by atoms with Gasteiger partial charge >= 0.3 is 0 Å². The Morgan fingerprint density at radius 2 is 1.88 bits per heavy atom. The summed E-state index contributed by atoms with van der Waals surface area (Å²) in [5, 5.41) is 0. The molecule has 1 aliphatic heterocycles. The molecule has 1 saturated heterocycles. The van der Waals surface area contributed by atoms with E-state index in [-0.39, 0.29) is 23.5 Å². The van der Waals surface area contributed by atoms with Crippen LogP contribution in [0.25, 0.3) is 0 Å². The summed E-state index contributed by atoms with van der Waals surface area (Å²) in [5.41, 5.74) is 1.58. The second kappa shape index (κ2) is 7.45. The molecule has 138 valence electrons. The van der Waals surface area contributed by atoms with Crippen molar-refractivity contribution >= 4 is 21.6 Å². The van der Waals surface area contributed by atoms with Crippen LogP contribution in [-0.2, 0) is 16.4 Å². The van der Waals surface area contributed by atoms with Crippen LogP contribution in [-0.4, -0.2) is 55.9 Å². The van der Waals surface area contributed by atoms with Crippen LogP contribution in [0.4, 0.5) is 5.82 Å². The average molecular weight is 373 g/mol. The highest BCUT2D eigenvalue weighted by molar-refractivity contribution is 7.91. The smallest absolute Gasteiger partial charge is 0.255 e. The highest BCUT2D eigenvalue weighted by Crippen LogP contribution is 2.21. The molecule has 2 aromatic rings. The summed E-state index contributed by atoms with van der Waals surface area (Å²) in [6.45, 7) is 0.529. The van der Waals surface area contributed by atoms with E-state index < -0.39 is 9.84 Å². The molecule has 0 saturated carbocycles. The summed E-state index contributed by atoms with van der Waals surface area (Å²) in [7, 11) is 0.665. The van der Waals surface area contributed by atoms with Crippen LogP contribution in [0, 0.1) is 0 Å². The van der Waals surface area contributed by atoms with E-state index in [1.54, 1.807) is 30.3 Å². The molecule has 1 atom stereocenters. The van der Waals surface area contributed by atoms with E-state index in [4.69, 9.17) is 0 Å². The number of amides is 1. The first-order valence-corrected chi connectivity index (χ1v) is 10.4. The van der Waals surface area contributed by atoms with E-state index in [1.165, 1.54) is 0 Å². The summed E-state index contributed by atoms with van der Waals surface area (Å²) >= 11 is 0. The molecule has 1 fully saturated rings. The van der Waals surface area contributed by atoms with E-state index >= 15 is 0 Å². The van der Waals surface area contributed by atoms with Gasteiger partial charge in [-0.05, 0) is 24.1 Å². The molecule has 1 aliphatic rings. The lowest BCUT2D eigenvalue weighted by Gasteiger charge is -2.24. The highest BCUT2D eigenvalue weighted by atomic mass is 32.2. The summed E-state index contributed by atoms with van der Waals surface area (Å²) in [6.07, 6.45) is 2.17. The first kappa shape index (κ1) is 18.4. The molecule has 1 aromatic carbocycles. The third-order valence-electron chi connectivity index (χ3n) is 4.72. The molecule has 1 unspecified atom stereocenters. The molecular weight excluding hydrogens is 350 g/mol. The van der Waals surface area contributed by atoms with Crippen molar-refractivity contribution in [1.82, 2.24) is 9.88 Å². The minimum Gasteiger partial charge on any atom is -0.356 e. The Morgan fingerprint density at radius 3 is 2.46 bits per heavy atom. The van der Waals surface area contributed by atoms with Crippen LogP contribution >= 0.6 is 0 Å². The van der Waals surface area contributed by atoms with E-state index in [0.29, 0.717) is 24.3 Å². The second-order valence-corrected chi connectivity index (χ2v) is 8.95. The lowest BCUT2D eigenvalue weighted by molar-refractivity contribution is 0.0784. The Hall–Kier alpha value is -2.41. The monoisotopic (exact) mass is 373 g/mol. The molecule has 7 heteroatoms. The predicted octanol–water partition coefficient (Wildman–Crippen LogP) is 1.98. The van der Waals surface area contributed by atoms with Crippen molar-refractivity contribution in [2.24, 2.45) is 0 Å². The average Bonchev–Trinajstić information content (AvgIpc) is 3.01. The number of aromatic nitrogens is 1. The topological polar surface area (TPSA) is 70.6 Å². The first-order valence-electron chi connectivity index (χ1n) is 8.54. The molecular formula is C19H23N3O3S. The minimum atomic E-state index is -2.94. The molecule has 0 bridgehead atoms. The highest BCUT2D eigenvalue weighted by Gasteiger charge is 2.31. The van der Waals surface area contributed by atoms with Gasteiger partial charge in [0.2, 0.25) is 0 Å². The van der Waals surface area contributed by atoms with Crippen molar-refractivity contribution in [1.29, 1.82) is 0 Å². The Labute approximate surface area is 154 Å². The van der Waals surface area contributed by atoms with Gasteiger partial charge in [-0.3, -0.25) is 4.79 Å². The predicted molar refractivity (Wildman–Crippen MR) is 102 cm³/mol. The van der Waals surface area contributed by atoms with Gasteiger partial charge in [0.05, 0.1) is 17.1 Å². The third-order valence-corrected chi connectivity index (χ3v) is 6.47. The molecule has 0 radical (unpaired) electrons. The normalized spacial score (nSPS) is 18.5. The van der Waals surface area contributed by atoms with Crippen molar-refractivity contribution in [3.05, 3.63) is 59.8 Å². The van der Waals surface area contributed by atoms with Gasteiger partial charge in [0.25, 0.3) is 5.91 Å². The summed E-state index contributed by atoms with van der Waals surface area (Å²) in [6, 6.07) is 13.3. The Balaban J connectivity index is 1.66. The van der Waals surface area contributed by atoms with Crippen LogP contribution in [0.15, 0.2) is 48.7 Å². The Kier molecular flexibility index (Phi) is 5.27. The quantitative estimate of drug-likeness (QED) is 0.801. The number of benzene rings is 1. The lowest BCUT2D eigenvalue weighted by atomic mass is 10.2. The maximum absolute atomic E-state index is 12.6. The number of anilines is 1. The van der Waals surface area contributed by atoms with Gasteiger partial charge in [-0.15, -0.1) is 0 Å². The maximum Gasteiger partial charge on any atom is 0.255 e. The van der Waals surface area contributed by atoms with Crippen LogP contribution in [0.3, 0.4) is 0 Å². The van der Waals surface area contributed by atoms with Gasteiger partial charge in [-0.2, -0.15) is 0 Å². The van der Waals surface area contributed by atoms with Crippen LogP contribution in [0.1, 0.15) is 22.3 Å². The fraction of sp³-hybridized carbons (Fsp3) is 0.368. The molecule has 1 aromatic heterocycles. The number of rotatable bonds is 5. The number of carbonyl (C=O) groups is 1.